The fraction of sp³-hybridized carbons (Fsp3) is 0.207. The number of hydrogen-bond donors (Lipinski definition) is 2. The van der Waals surface area contributed by atoms with Gasteiger partial charge in [0.05, 0.1) is 11.7 Å². The molecule has 0 bridgehead atoms. The fourth-order valence-corrected chi connectivity index (χ4v) is 4.95. The van der Waals surface area contributed by atoms with Gasteiger partial charge in [-0.1, -0.05) is 38.1 Å². The number of amides is 1. The minimum absolute atomic E-state index is 0.00186. The highest BCUT2D eigenvalue weighted by Crippen LogP contribution is 2.42. The van der Waals surface area contributed by atoms with Crippen molar-refractivity contribution in [3.63, 3.8) is 0 Å². The molecule has 2 aromatic heterocycles. The van der Waals surface area contributed by atoms with Crippen LogP contribution in [0, 0.1) is 12.8 Å². The topological polar surface area (TPSA) is 62.2 Å². The third kappa shape index (κ3) is 4.50. The van der Waals surface area contributed by atoms with E-state index in [1.807, 2.05) is 75.5 Å². The Kier molecular flexibility index (Phi) is 6.57. The van der Waals surface area contributed by atoms with Gasteiger partial charge in [0, 0.05) is 41.1 Å². The maximum atomic E-state index is 12.3. The zero-order valence-corrected chi connectivity index (χ0v) is 21.4. The molecule has 5 rings (SSSR count). The number of anilines is 2. The van der Waals surface area contributed by atoms with Crippen LogP contribution in [0.5, 0.6) is 0 Å². The van der Waals surface area contributed by atoms with Gasteiger partial charge in [-0.2, -0.15) is 0 Å². The van der Waals surface area contributed by atoms with Crippen LogP contribution < -0.4 is 15.5 Å². The number of para-hydroxylation sites is 1. The number of aromatic nitrogens is 2. The summed E-state index contributed by atoms with van der Waals surface area (Å²) in [6.07, 6.45) is 3.89. The number of nitrogens with one attached hydrogen (secondary N) is 2. The molecule has 2 atom stereocenters. The number of aryl methyl sites for hydroxylation is 1. The summed E-state index contributed by atoms with van der Waals surface area (Å²) in [5, 5.41) is 7.19. The Morgan fingerprint density at radius 1 is 1.00 bits per heavy atom. The quantitative estimate of drug-likeness (QED) is 0.324. The molecule has 1 fully saturated rings. The minimum atomic E-state index is -0.142. The standard InChI is InChI=1S/C29H29N5OS/c1-19(2)28(35)31-23-15-14-22(18-20(23)3)34-27(26(32-29(34)36)24-12-7-8-16-30-24)25-13-9-17-33(25)21-10-5-4-6-11-21/h4-19,26-27H,1-3H3,(H,31,35)(H,32,36)/t26-,27-/m0/s1. The van der Waals surface area contributed by atoms with Gasteiger partial charge in [0.1, 0.15) is 6.04 Å². The summed E-state index contributed by atoms with van der Waals surface area (Å²) >= 11 is 5.90. The molecule has 4 aromatic rings. The lowest BCUT2D eigenvalue weighted by Crippen LogP contribution is -2.30. The molecule has 0 aliphatic carbocycles. The van der Waals surface area contributed by atoms with E-state index in [9.17, 15) is 4.79 Å². The van der Waals surface area contributed by atoms with Gasteiger partial charge < -0.3 is 20.1 Å². The van der Waals surface area contributed by atoms with Crippen LogP contribution in [0.3, 0.4) is 0 Å². The number of hydrogen-bond acceptors (Lipinski definition) is 3. The highest BCUT2D eigenvalue weighted by molar-refractivity contribution is 7.80. The molecule has 1 amide bonds. The van der Waals surface area contributed by atoms with Crippen molar-refractivity contribution in [2.45, 2.75) is 32.9 Å². The van der Waals surface area contributed by atoms with Crippen LogP contribution in [0.25, 0.3) is 5.69 Å². The Morgan fingerprint density at radius 2 is 1.78 bits per heavy atom. The molecule has 0 saturated carbocycles. The van der Waals surface area contributed by atoms with Crippen LogP contribution in [-0.4, -0.2) is 20.6 Å². The predicted octanol–water partition coefficient (Wildman–Crippen LogP) is 5.95. The molecule has 0 radical (unpaired) electrons. The first kappa shape index (κ1) is 23.8. The summed E-state index contributed by atoms with van der Waals surface area (Å²) in [6, 6.07) is 26.2. The average molecular weight is 496 g/mol. The van der Waals surface area contributed by atoms with Gasteiger partial charge in [0.25, 0.3) is 0 Å². The summed E-state index contributed by atoms with van der Waals surface area (Å²) in [6.45, 7) is 5.78. The van der Waals surface area contributed by atoms with E-state index in [4.69, 9.17) is 12.2 Å². The Bertz CT molecular complexity index is 1380. The van der Waals surface area contributed by atoms with Crippen molar-refractivity contribution in [3.8, 4) is 5.69 Å². The van der Waals surface area contributed by atoms with Gasteiger partial charge >= 0.3 is 0 Å². The zero-order valence-electron chi connectivity index (χ0n) is 20.6. The van der Waals surface area contributed by atoms with Crippen molar-refractivity contribution < 1.29 is 4.79 Å². The van der Waals surface area contributed by atoms with Gasteiger partial charge in [0.15, 0.2) is 5.11 Å². The lowest BCUT2D eigenvalue weighted by atomic mass is 10.00. The van der Waals surface area contributed by atoms with Crippen molar-refractivity contribution in [3.05, 3.63) is 108 Å². The molecule has 2 aromatic carbocycles. The maximum absolute atomic E-state index is 12.3. The first-order valence-electron chi connectivity index (χ1n) is 12.1. The van der Waals surface area contributed by atoms with Crippen LogP contribution in [0.1, 0.15) is 42.9 Å². The second-order valence-corrected chi connectivity index (χ2v) is 9.67. The largest absolute Gasteiger partial charge is 0.351 e. The highest BCUT2D eigenvalue weighted by atomic mass is 32.1. The lowest BCUT2D eigenvalue weighted by Gasteiger charge is -2.29. The summed E-state index contributed by atoms with van der Waals surface area (Å²) < 4.78 is 2.20. The Balaban J connectivity index is 1.59. The molecule has 1 saturated heterocycles. The van der Waals surface area contributed by atoms with Gasteiger partial charge in [-0.25, -0.2) is 0 Å². The molecule has 1 aliphatic rings. The minimum Gasteiger partial charge on any atom is -0.351 e. The number of thiocarbonyl (C=S) groups is 1. The first-order chi connectivity index (χ1) is 17.4. The van der Waals surface area contributed by atoms with E-state index in [0.717, 1.165) is 34.0 Å². The summed E-state index contributed by atoms with van der Waals surface area (Å²) in [5.74, 6) is -0.0910. The average Bonchev–Trinajstić information content (AvgIpc) is 3.50. The van der Waals surface area contributed by atoms with E-state index in [2.05, 4.69) is 61.6 Å². The normalized spacial score (nSPS) is 17.3. The van der Waals surface area contributed by atoms with E-state index in [1.165, 1.54) is 0 Å². The molecule has 36 heavy (non-hydrogen) atoms. The number of carbonyl (C=O) groups is 1. The van der Waals surface area contributed by atoms with Gasteiger partial charge in [-0.15, -0.1) is 0 Å². The zero-order chi connectivity index (χ0) is 25.2. The summed E-state index contributed by atoms with van der Waals surface area (Å²) in [5.41, 5.74) is 5.84. The first-order valence-corrected chi connectivity index (χ1v) is 12.5. The molecule has 7 heteroatoms. The fourth-order valence-electron chi connectivity index (χ4n) is 4.61. The highest BCUT2D eigenvalue weighted by Gasteiger charge is 2.42. The van der Waals surface area contributed by atoms with Crippen molar-refractivity contribution in [2.24, 2.45) is 5.92 Å². The molecular weight excluding hydrogens is 466 g/mol. The second-order valence-electron chi connectivity index (χ2n) is 9.28. The molecule has 182 valence electrons. The molecule has 0 unspecified atom stereocenters. The molecule has 6 nitrogen and oxygen atoms in total. The van der Waals surface area contributed by atoms with Gasteiger partial charge in [-0.3, -0.25) is 9.78 Å². The predicted molar refractivity (Wildman–Crippen MR) is 148 cm³/mol. The second kappa shape index (κ2) is 9.95. The maximum Gasteiger partial charge on any atom is 0.226 e. The van der Waals surface area contributed by atoms with E-state index in [0.29, 0.717) is 5.11 Å². The van der Waals surface area contributed by atoms with Crippen molar-refractivity contribution >= 4 is 34.6 Å². The van der Waals surface area contributed by atoms with Crippen LogP contribution in [0.15, 0.2) is 91.3 Å². The Morgan fingerprint density at radius 3 is 2.47 bits per heavy atom. The number of rotatable bonds is 6. The van der Waals surface area contributed by atoms with E-state index in [-0.39, 0.29) is 23.9 Å². The Hall–Kier alpha value is -3.97. The smallest absolute Gasteiger partial charge is 0.226 e. The molecule has 2 N–H and O–H groups in total. The summed E-state index contributed by atoms with van der Waals surface area (Å²) in [4.78, 5) is 19.1. The van der Waals surface area contributed by atoms with Gasteiger partial charge in [0.2, 0.25) is 5.91 Å². The number of benzene rings is 2. The third-order valence-electron chi connectivity index (χ3n) is 6.49. The lowest BCUT2D eigenvalue weighted by molar-refractivity contribution is -0.118. The van der Waals surface area contributed by atoms with Crippen LogP contribution in [0.4, 0.5) is 11.4 Å². The van der Waals surface area contributed by atoms with Crippen LogP contribution >= 0.6 is 12.2 Å². The number of nitrogens with zero attached hydrogens (tertiary/aromatic N) is 3. The van der Waals surface area contributed by atoms with E-state index < -0.39 is 0 Å². The van der Waals surface area contributed by atoms with E-state index >= 15 is 0 Å². The SMILES string of the molecule is Cc1cc(N2C(=S)N[C@@H](c3ccccn3)[C@@H]2c2cccn2-c2ccccc2)ccc1NC(=O)C(C)C. The molecule has 3 heterocycles. The van der Waals surface area contributed by atoms with Crippen molar-refractivity contribution in [1.29, 1.82) is 0 Å². The third-order valence-corrected chi connectivity index (χ3v) is 6.80. The van der Waals surface area contributed by atoms with Crippen LogP contribution in [0.2, 0.25) is 0 Å². The molecular formula is C29H29N5OS. The van der Waals surface area contributed by atoms with Crippen LogP contribution in [-0.2, 0) is 4.79 Å². The summed E-state index contributed by atoms with van der Waals surface area (Å²) in [7, 11) is 0. The molecule has 0 spiro atoms. The molecule has 1 aliphatic heterocycles. The van der Waals surface area contributed by atoms with E-state index in [1.54, 1.807) is 0 Å². The number of carbonyl (C=O) groups excluding carboxylic acids is 1. The van der Waals surface area contributed by atoms with Gasteiger partial charge in [-0.05, 0) is 79.3 Å². The van der Waals surface area contributed by atoms with Crippen molar-refractivity contribution in [2.75, 3.05) is 10.2 Å². The monoisotopic (exact) mass is 495 g/mol. The van der Waals surface area contributed by atoms with Crippen molar-refractivity contribution in [1.82, 2.24) is 14.9 Å². The number of pyridine rings is 1. The Labute approximate surface area is 217 Å².